The third-order valence-electron chi connectivity index (χ3n) is 5.71. The molecule has 6 heteroatoms. The van der Waals surface area contributed by atoms with Crippen LogP contribution in [0.25, 0.3) is 21.3 Å². The molecule has 0 amide bonds. The molecule has 1 aliphatic heterocycles. The summed E-state index contributed by atoms with van der Waals surface area (Å²) in [6.45, 7) is 2.28. The highest BCUT2D eigenvalue weighted by Crippen LogP contribution is 2.51. The van der Waals surface area contributed by atoms with Gasteiger partial charge in [0.2, 0.25) is 0 Å². The van der Waals surface area contributed by atoms with Gasteiger partial charge in [0.1, 0.15) is 11.6 Å². The first-order valence-electron chi connectivity index (χ1n) is 8.96. The van der Waals surface area contributed by atoms with Crippen LogP contribution in [0.4, 0.5) is 0 Å². The summed E-state index contributed by atoms with van der Waals surface area (Å²) in [5.41, 5.74) is 4.25. The predicted octanol–water partition coefficient (Wildman–Crippen LogP) is 3.21. The van der Waals surface area contributed by atoms with Crippen LogP contribution >= 0.6 is 11.3 Å². The number of hydrogen-bond acceptors (Lipinski definition) is 6. The van der Waals surface area contributed by atoms with Crippen LogP contribution in [0.5, 0.6) is 0 Å². The molecule has 1 aromatic carbocycles. The molecule has 1 saturated heterocycles. The third kappa shape index (κ3) is 2.73. The molecule has 0 unspecified atom stereocenters. The largest absolute Gasteiger partial charge is 0.305 e. The van der Waals surface area contributed by atoms with Gasteiger partial charge in [0.05, 0.1) is 22.3 Å². The van der Waals surface area contributed by atoms with Gasteiger partial charge < -0.3 is 4.90 Å². The van der Waals surface area contributed by atoms with E-state index in [2.05, 4.69) is 39.0 Å². The molecule has 1 saturated carbocycles. The van der Waals surface area contributed by atoms with Gasteiger partial charge in [-0.1, -0.05) is 12.1 Å². The fourth-order valence-electron chi connectivity index (χ4n) is 4.53. The Hall–Kier alpha value is -2.18. The Kier molecular flexibility index (Phi) is 3.65. The standard InChI is InChI=1S/C20H20N4OS/c1-24-10-20(11-24)6-15(7-20)17(25)5-19-22-8-14-3-2-13(4-16(14)23-19)18-9-21-12-26-18/h2-4,8-9,12,15H,5-7,10-11H2,1H3. The lowest BCUT2D eigenvalue weighted by atomic mass is 9.56. The Morgan fingerprint density at radius 2 is 2.15 bits per heavy atom. The van der Waals surface area contributed by atoms with E-state index in [4.69, 9.17) is 0 Å². The van der Waals surface area contributed by atoms with Crippen LogP contribution in [0.3, 0.4) is 0 Å². The minimum atomic E-state index is 0.200. The number of nitrogens with zero attached hydrogens (tertiary/aromatic N) is 4. The SMILES string of the molecule is CN1CC2(CC(C(=O)Cc3ncc4ccc(-c5cncs5)cc4n3)C2)C1. The summed E-state index contributed by atoms with van der Waals surface area (Å²) in [6, 6.07) is 6.15. The van der Waals surface area contributed by atoms with Crippen molar-refractivity contribution in [2.24, 2.45) is 11.3 Å². The van der Waals surface area contributed by atoms with Crippen LogP contribution in [0.15, 0.2) is 36.1 Å². The van der Waals surface area contributed by atoms with Gasteiger partial charge in [0.25, 0.3) is 0 Å². The van der Waals surface area contributed by atoms with Crippen LogP contribution in [0, 0.1) is 11.3 Å². The molecule has 2 fully saturated rings. The van der Waals surface area contributed by atoms with E-state index >= 15 is 0 Å². The molecule has 0 radical (unpaired) electrons. The second-order valence-corrected chi connectivity index (χ2v) is 8.73. The number of likely N-dealkylation sites (tertiary alicyclic amines) is 1. The van der Waals surface area contributed by atoms with Crippen molar-refractivity contribution in [2.45, 2.75) is 19.3 Å². The second-order valence-electron chi connectivity index (χ2n) is 7.85. The summed E-state index contributed by atoms with van der Waals surface area (Å²) >= 11 is 1.61. The maximum atomic E-state index is 12.6. The first kappa shape index (κ1) is 16.0. The highest BCUT2D eigenvalue weighted by molar-refractivity contribution is 7.13. The Morgan fingerprint density at radius 3 is 2.88 bits per heavy atom. The summed E-state index contributed by atoms with van der Waals surface area (Å²) in [5, 5.41) is 0.995. The van der Waals surface area contributed by atoms with Crippen molar-refractivity contribution in [3.8, 4) is 10.4 Å². The topological polar surface area (TPSA) is 59.0 Å². The Labute approximate surface area is 156 Å². The number of ketones is 1. The minimum absolute atomic E-state index is 0.200. The minimum Gasteiger partial charge on any atom is -0.305 e. The fourth-order valence-corrected chi connectivity index (χ4v) is 5.15. The molecule has 3 aromatic rings. The van der Waals surface area contributed by atoms with Crippen molar-refractivity contribution >= 4 is 28.0 Å². The number of benzene rings is 1. The second kappa shape index (κ2) is 5.93. The molecule has 5 rings (SSSR count). The number of carbonyl (C=O) groups excluding carboxylic acids is 1. The van der Waals surface area contributed by atoms with Gasteiger partial charge >= 0.3 is 0 Å². The van der Waals surface area contributed by atoms with Gasteiger partial charge in [-0.25, -0.2) is 9.97 Å². The molecule has 1 aliphatic carbocycles. The summed E-state index contributed by atoms with van der Waals surface area (Å²) in [5.74, 6) is 1.13. The number of Topliss-reactive ketones (excluding diaryl/α,β-unsaturated/α-hetero) is 1. The fraction of sp³-hybridized carbons (Fsp3) is 0.400. The van der Waals surface area contributed by atoms with Crippen molar-refractivity contribution in [2.75, 3.05) is 20.1 Å². The molecule has 0 N–H and O–H groups in total. The molecule has 132 valence electrons. The molecule has 1 spiro atoms. The van der Waals surface area contributed by atoms with Crippen LogP contribution < -0.4 is 0 Å². The molecular weight excluding hydrogens is 344 g/mol. The number of aromatic nitrogens is 3. The molecular formula is C20H20N4OS. The summed E-state index contributed by atoms with van der Waals surface area (Å²) < 4.78 is 0. The molecule has 26 heavy (non-hydrogen) atoms. The van der Waals surface area contributed by atoms with Gasteiger partial charge in [0.15, 0.2) is 0 Å². The first-order valence-corrected chi connectivity index (χ1v) is 9.84. The monoisotopic (exact) mass is 364 g/mol. The van der Waals surface area contributed by atoms with Crippen molar-refractivity contribution < 1.29 is 4.79 Å². The molecule has 2 aliphatic rings. The lowest BCUT2D eigenvalue weighted by Gasteiger charge is -2.58. The highest BCUT2D eigenvalue weighted by atomic mass is 32.1. The van der Waals surface area contributed by atoms with E-state index < -0.39 is 0 Å². The molecule has 5 nitrogen and oxygen atoms in total. The average Bonchev–Trinajstić information content (AvgIpc) is 3.10. The first-order chi connectivity index (χ1) is 12.6. The number of rotatable bonds is 4. The zero-order chi connectivity index (χ0) is 17.7. The van der Waals surface area contributed by atoms with E-state index in [0.717, 1.165) is 47.3 Å². The quantitative estimate of drug-likeness (QED) is 0.711. The van der Waals surface area contributed by atoms with Gasteiger partial charge in [-0.15, -0.1) is 11.3 Å². The van der Waals surface area contributed by atoms with E-state index in [-0.39, 0.29) is 5.92 Å². The van der Waals surface area contributed by atoms with Gasteiger partial charge in [0, 0.05) is 36.8 Å². The Morgan fingerprint density at radius 1 is 1.31 bits per heavy atom. The maximum absolute atomic E-state index is 12.6. The lowest BCUT2D eigenvalue weighted by molar-refractivity contribution is -0.139. The maximum Gasteiger partial charge on any atom is 0.143 e. The van der Waals surface area contributed by atoms with Crippen LogP contribution in [-0.2, 0) is 11.2 Å². The van der Waals surface area contributed by atoms with E-state index in [1.165, 1.54) is 0 Å². The highest BCUT2D eigenvalue weighted by Gasteiger charge is 2.52. The van der Waals surface area contributed by atoms with Crippen LogP contribution in [0.1, 0.15) is 18.7 Å². The smallest absolute Gasteiger partial charge is 0.143 e. The van der Waals surface area contributed by atoms with Gasteiger partial charge in [-0.3, -0.25) is 9.78 Å². The number of carbonyl (C=O) groups is 1. The zero-order valence-electron chi connectivity index (χ0n) is 14.7. The summed E-state index contributed by atoms with van der Waals surface area (Å²) in [7, 11) is 2.14. The summed E-state index contributed by atoms with van der Waals surface area (Å²) in [4.78, 5) is 29.2. The van der Waals surface area contributed by atoms with Crippen molar-refractivity contribution in [1.29, 1.82) is 0 Å². The van der Waals surface area contributed by atoms with E-state index in [1.807, 2.05) is 24.0 Å². The predicted molar refractivity (Wildman–Crippen MR) is 102 cm³/mol. The molecule has 0 bridgehead atoms. The summed E-state index contributed by atoms with van der Waals surface area (Å²) in [6.07, 6.45) is 6.11. The van der Waals surface area contributed by atoms with Crippen molar-refractivity contribution in [1.82, 2.24) is 19.9 Å². The molecule has 3 heterocycles. The van der Waals surface area contributed by atoms with Gasteiger partial charge in [-0.2, -0.15) is 0 Å². The Bertz CT molecular complexity index is 971. The number of thiazole rings is 1. The average molecular weight is 364 g/mol. The lowest BCUT2D eigenvalue weighted by Crippen LogP contribution is -2.61. The molecule has 2 aromatic heterocycles. The van der Waals surface area contributed by atoms with E-state index in [0.29, 0.717) is 23.4 Å². The number of hydrogen-bond donors (Lipinski definition) is 0. The normalized spacial score (nSPS) is 19.4. The van der Waals surface area contributed by atoms with Crippen molar-refractivity contribution in [3.63, 3.8) is 0 Å². The van der Waals surface area contributed by atoms with E-state index in [9.17, 15) is 4.79 Å². The van der Waals surface area contributed by atoms with E-state index in [1.54, 1.807) is 11.3 Å². The van der Waals surface area contributed by atoms with Crippen LogP contribution in [0.2, 0.25) is 0 Å². The third-order valence-corrected chi connectivity index (χ3v) is 6.53. The van der Waals surface area contributed by atoms with Crippen molar-refractivity contribution in [3.05, 3.63) is 41.9 Å². The van der Waals surface area contributed by atoms with Crippen LogP contribution in [-0.4, -0.2) is 45.8 Å². The molecule has 0 atom stereocenters. The zero-order valence-corrected chi connectivity index (χ0v) is 15.5. The van der Waals surface area contributed by atoms with Gasteiger partial charge in [-0.05, 0) is 36.9 Å². The Balaban J connectivity index is 1.32. The number of fused-ring (bicyclic) bond motifs is 1.